The molecule has 3 rings (SSSR count). The highest BCUT2D eigenvalue weighted by Gasteiger charge is 2.43. The summed E-state index contributed by atoms with van der Waals surface area (Å²) in [4.78, 5) is 39.1. The van der Waals surface area contributed by atoms with E-state index in [1.165, 1.54) is 22.7 Å². The summed E-state index contributed by atoms with van der Waals surface area (Å²) < 4.78 is 0. The fourth-order valence-corrected chi connectivity index (χ4v) is 5.16. The van der Waals surface area contributed by atoms with Crippen molar-refractivity contribution in [2.75, 3.05) is 11.5 Å². The topological polar surface area (TPSA) is 107 Å². The van der Waals surface area contributed by atoms with E-state index in [1.807, 2.05) is 6.07 Å². The number of thiol groups is 1. The summed E-state index contributed by atoms with van der Waals surface area (Å²) in [6.45, 7) is 0. The van der Waals surface area contributed by atoms with Gasteiger partial charge in [-0.15, -0.1) is 11.8 Å². The lowest BCUT2D eigenvalue weighted by atomic mass is 10.1. The number of nitrogens with one attached hydrogen (secondary N) is 1. The summed E-state index contributed by atoms with van der Waals surface area (Å²) in [7, 11) is 0. The predicted octanol–water partition coefficient (Wildman–Crippen LogP) is 2.47. The number of carboxylic acid groups (broad SMARTS) is 1. The van der Waals surface area contributed by atoms with Crippen LogP contribution in [0.4, 0.5) is 0 Å². The Bertz CT molecular complexity index is 941. The number of carbonyl (C=O) groups excluding carboxylic acids is 2. The highest BCUT2D eigenvalue weighted by Crippen LogP contribution is 2.44. The van der Waals surface area contributed by atoms with E-state index in [-0.39, 0.29) is 24.5 Å². The van der Waals surface area contributed by atoms with Gasteiger partial charge in [-0.1, -0.05) is 48.5 Å². The van der Waals surface area contributed by atoms with E-state index in [4.69, 9.17) is 0 Å². The molecule has 3 N–H and O–H groups in total. The number of phenolic OH excluding ortho intramolecular Hbond substituents is 1. The van der Waals surface area contributed by atoms with Gasteiger partial charge in [0, 0.05) is 24.2 Å². The van der Waals surface area contributed by atoms with E-state index in [0.717, 1.165) is 5.56 Å². The lowest BCUT2D eigenvalue weighted by molar-refractivity contribution is -0.144. The normalized spacial score (nSPS) is 19.1. The Labute approximate surface area is 190 Å². The smallest absolute Gasteiger partial charge is 0.326 e. The molecule has 0 bridgehead atoms. The van der Waals surface area contributed by atoms with Crippen molar-refractivity contribution in [3.05, 3.63) is 65.7 Å². The van der Waals surface area contributed by atoms with Gasteiger partial charge in [-0.2, -0.15) is 12.6 Å². The molecule has 1 aliphatic heterocycles. The third-order valence-corrected chi connectivity index (χ3v) is 6.55. The van der Waals surface area contributed by atoms with Crippen molar-refractivity contribution in [1.29, 1.82) is 0 Å². The van der Waals surface area contributed by atoms with Gasteiger partial charge in [-0.3, -0.25) is 9.59 Å². The maximum atomic E-state index is 13.1. The number of rotatable bonds is 8. The van der Waals surface area contributed by atoms with Gasteiger partial charge in [0.2, 0.25) is 11.8 Å². The van der Waals surface area contributed by atoms with Crippen LogP contribution in [-0.2, 0) is 20.8 Å². The second-order valence-corrected chi connectivity index (χ2v) is 8.68. The number of carboxylic acids is 1. The van der Waals surface area contributed by atoms with Crippen LogP contribution in [0, 0.1) is 0 Å². The molecule has 31 heavy (non-hydrogen) atoms. The molecule has 0 radical (unpaired) electrons. The first-order valence-electron chi connectivity index (χ1n) is 9.81. The van der Waals surface area contributed by atoms with Crippen LogP contribution in [0.3, 0.4) is 0 Å². The second kappa shape index (κ2) is 10.6. The standard InChI is InChI=1S/C22H24N2O5S2/c25-18-9-5-4-8-15(18)21-24(19(26)10-11-30)17(13-31-21)20(27)23-16(22(28)29)12-14-6-2-1-3-7-14/h1-9,16-17,21,25,30H,10-13H2,(H,23,27)(H,28,29)/t16-,17?,21?/m0/s1. The van der Waals surface area contributed by atoms with E-state index >= 15 is 0 Å². The van der Waals surface area contributed by atoms with E-state index in [1.54, 1.807) is 42.5 Å². The molecule has 0 aliphatic carbocycles. The minimum absolute atomic E-state index is 0.0391. The minimum atomic E-state index is -1.15. The molecule has 1 saturated heterocycles. The van der Waals surface area contributed by atoms with Crippen molar-refractivity contribution in [3.63, 3.8) is 0 Å². The average molecular weight is 461 g/mol. The number of benzene rings is 2. The highest BCUT2D eigenvalue weighted by atomic mass is 32.2. The van der Waals surface area contributed by atoms with Crippen LogP contribution < -0.4 is 5.32 Å². The predicted molar refractivity (Wildman–Crippen MR) is 122 cm³/mol. The molecule has 164 valence electrons. The van der Waals surface area contributed by atoms with Crippen LogP contribution in [0.2, 0.25) is 0 Å². The largest absolute Gasteiger partial charge is 0.508 e. The number of aliphatic carboxylic acids is 1. The molecule has 0 saturated carbocycles. The first kappa shape index (κ1) is 23.0. The fourth-order valence-electron chi connectivity index (χ4n) is 3.49. The fraction of sp³-hybridized carbons (Fsp3) is 0.318. The molecule has 2 amide bonds. The SMILES string of the molecule is O=C(N[C@@H](Cc1ccccc1)C(=O)O)C1CSC(c2ccccc2O)N1C(=O)CCS. The number of phenols is 1. The third-order valence-electron chi connectivity index (χ3n) is 5.02. The van der Waals surface area contributed by atoms with Crippen LogP contribution in [0.1, 0.15) is 22.9 Å². The van der Waals surface area contributed by atoms with Gasteiger partial charge in [0.1, 0.15) is 23.2 Å². The van der Waals surface area contributed by atoms with Crippen LogP contribution in [0.5, 0.6) is 5.75 Å². The zero-order chi connectivity index (χ0) is 22.4. The van der Waals surface area contributed by atoms with Crippen molar-refractivity contribution in [2.24, 2.45) is 0 Å². The quantitative estimate of drug-likeness (QED) is 0.451. The molecule has 1 heterocycles. The molecule has 0 aromatic heterocycles. The summed E-state index contributed by atoms with van der Waals surface area (Å²) in [5.41, 5.74) is 1.32. The number of aromatic hydroxyl groups is 1. The molecule has 0 spiro atoms. The lowest BCUT2D eigenvalue weighted by Crippen LogP contribution is -2.52. The van der Waals surface area contributed by atoms with Gasteiger partial charge in [0.25, 0.3) is 0 Å². The Balaban J connectivity index is 1.81. The van der Waals surface area contributed by atoms with Crippen molar-refractivity contribution >= 4 is 42.2 Å². The van der Waals surface area contributed by atoms with Gasteiger partial charge >= 0.3 is 5.97 Å². The molecule has 1 aliphatic rings. The summed E-state index contributed by atoms with van der Waals surface area (Å²) in [6, 6.07) is 13.7. The number of nitrogens with zero attached hydrogens (tertiary/aromatic N) is 1. The van der Waals surface area contributed by atoms with Crippen molar-refractivity contribution < 1.29 is 24.6 Å². The summed E-state index contributed by atoms with van der Waals surface area (Å²) in [5, 5.41) is 21.9. The number of para-hydroxylation sites is 1. The maximum Gasteiger partial charge on any atom is 0.326 e. The van der Waals surface area contributed by atoms with E-state index in [2.05, 4.69) is 17.9 Å². The van der Waals surface area contributed by atoms with E-state index in [9.17, 15) is 24.6 Å². The number of thioether (sulfide) groups is 1. The van der Waals surface area contributed by atoms with Gasteiger partial charge in [-0.05, 0) is 17.4 Å². The molecule has 7 nitrogen and oxygen atoms in total. The Morgan fingerprint density at radius 1 is 1.13 bits per heavy atom. The zero-order valence-electron chi connectivity index (χ0n) is 16.7. The second-order valence-electron chi connectivity index (χ2n) is 7.12. The molecule has 2 unspecified atom stereocenters. The Morgan fingerprint density at radius 3 is 2.45 bits per heavy atom. The van der Waals surface area contributed by atoms with Gasteiger partial charge < -0.3 is 20.4 Å². The number of hydrogen-bond donors (Lipinski definition) is 4. The molecule has 1 fully saturated rings. The maximum absolute atomic E-state index is 13.1. The van der Waals surface area contributed by atoms with Crippen LogP contribution >= 0.6 is 24.4 Å². The van der Waals surface area contributed by atoms with Crippen LogP contribution in [-0.4, -0.2) is 56.5 Å². The molecule has 2 aromatic rings. The van der Waals surface area contributed by atoms with Gasteiger partial charge in [-0.25, -0.2) is 4.79 Å². The third kappa shape index (κ3) is 5.54. The van der Waals surface area contributed by atoms with Gasteiger partial charge in [0.05, 0.1) is 0 Å². The number of amides is 2. The summed E-state index contributed by atoms with van der Waals surface area (Å²) in [6.07, 6.45) is 0.263. The first-order chi connectivity index (χ1) is 14.9. The molecule has 9 heteroatoms. The Kier molecular flexibility index (Phi) is 7.86. The molecule has 3 atom stereocenters. The van der Waals surface area contributed by atoms with Crippen molar-refractivity contribution in [3.8, 4) is 5.75 Å². The number of carbonyl (C=O) groups is 3. The molecular formula is C22H24N2O5S2. The van der Waals surface area contributed by atoms with Crippen molar-refractivity contribution in [1.82, 2.24) is 10.2 Å². The molecule has 2 aromatic carbocycles. The van der Waals surface area contributed by atoms with Crippen LogP contribution in [0.15, 0.2) is 54.6 Å². The van der Waals surface area contributed by atoms with Crippen molar-refractivity contribution in [2.45, 2.75) is 30.3 Å². The average Bonchev–Trinajstić information content (AvgIpc) is 3.19. The molecular weight excluding hydrogens is 436 g/mol. The highest BCUT2D eigenvalue weighted by molar-refractivity contribution is 7.99. The Morgan fingerprint density at radius 2 is 1.81 bits per heavy atom. The van der Waals surface area contributed by atoms with Crippen LogP contribution in [0.25, 0.3) is 0 Å². The van der Waals surface area contributed by atoms with E-state index in [0.29, 0.717) is 17.1 Å². The zero-order valence-corrected chi connectivity index (χ0v) is 18.4. The monoisotopic (exact) mass is 460 g/mol. The first-order valence-corrected chi connectivity index (χ1v) is 11.5. The van der Waals surface area contributed by atoms with Gasteiger partial charge in [0.15, 0.2) is 0 Å². The summed E-state index contributed by atoms with van der Waals surface area (Å²) in [5.74, 6) is -1.30. The minimum Gasteiger partial charge on any atom is -0.508 e. The van der Waals surface area contributed by atoms with E-state index < -0.39 is 29.3 Å². The number of hydrogen-bond acceptors (Lipinski definition) is 6. The summed E-state index contributed by atoms with van der Waals surface area (Å²) >= 11 is 5.49. The lowest BCUT2D eigenvalue weighted by Gasteiger charge is -2.30. The Hall–Kier alpha value is -2.65.